The summed E-state index contributed by atoms with van der Waals surface area (Å²) in [6.45, 7) is 0. The molecule has 1 fully saturated rings. The summed E-state index contributed by atoms with van der Waals surface area (Å²) in [7, 11) is 0. The maximum Gasteiger partial charge on any atom is 0.452 e. The highest BCUT2D eigenvalue weighted by Crippen LogP contribution is 2.68. The molecule has 0 amide bonds. The molecule has 2 atom stereocenters. The van der Waals surface area contributed by atoms with E-state index in [0.717, 1.165) is 0 Å². The molecule has 1 rings (SSSR count). The van der Waals surface area contributed by atoms with Gasteiger partial charge in [-0.3, -0.25) is 4.74 Å². The lowest BCUT2D eigenvalue weighted by molar-refractivity contribution is -0.417. The maximum absolute atomic E-state index is 13.1. The number of halogens is 12. The van der Waals surface area contributed by atoms with Crippen molar-refractivity contribution in [3.05, 3.63) is 0 Å². The van der Waals surface area contributed by atoms with E-state index in [-0.39, 0.29) is 0 Å². The van der Waals surface area contributed by atoms with Crippen LogP contribution < -0.4 is 0 Å². The summed E-state index contributed by atoms with van der Waals surface area (Å²) < 4.78 is 149. The predicted molar refractivity (Wildman–Crippen MR) is 30.8 cm³/mol. The Labute approximate surface area is 94.7 Å². The minimum absolute atomic E-state index is 1.79. The molecule has 114 valence electrons. The zero-order valence-corrected chi connectivity index (χ0v) is 7.94. The van der Waals surface area contributed by atoms with Crippen LogP contribution in [0.4, 0.5) is 52.7 Å². The largest absolute Gasteiger partial charge is 0.452 e. The Bertz CT molecular complexity index is 381. The topological polar surface area (TPSA) is 9.23 Å². The first-order chi connectivity index (χ1) is 7.96. The van der Waals surface area contributed by atoms with Crippen LogP contribution in [0, 0.1) is 0 Å². The molecule has 1 aliphatic heterocycles. The summed E-state index contributed by atoms with van der Waals surface area (Å²) >= 11 is 0. The molecule has 0 saturated carbocycles. The summed E-state index contributed by atoms with van der Waals surface area (Å²) in [4.78, 5) is 0. The summed E-state index contributed by atoms with van der Waals surface area (Å²) in [5, 5.41) is 0. The number of hydrogen-bond donors (Lipinski definition) is 0. The van der Waals surface area contributed by atoms with Gasteiger partial charge in [-0.2, -0.15) is 48.3 Å². The van der Waals surface area contributed by atoms with Gasteiger partial charge in [-0.25, -0.2) is 4.39 Å². The lowest BCUT2D eigenvalue weighted by Crippen LogP contribution is -2.68. The Balaban J connectivity index is 3.69. The number of rotatable bonds is 0. The molecule has 0 aliphatic carbocycles. The maximum atomic E-state index is 13.1. The van der Waals surface area contributed by atoms with Crippen molar-refractivity contribution < 1.29 is 57.4 Å². The summed E-state index contributed by atoms with van der Waals surface area (Å²) in [5.74, 6) is -14.1. The molecule has 1 saturated heterocycles. The van der Waals surface area contributed by atoms with Gasteiger partial charge in [0.2, 0.25) is 0 Å². The standard InChI is InChI=1S/C6F12O/c7-1(4(11,12)13)2(8,9)6(17,18)19-3(1,10)5(14,15)16. The van der Waals surface area contributed by atoms with Gasteiger partial charge in [-0.15, -0.1) is 0 Å². The van der Waals surface area contributed by atoms with Gasteiger partial charge in [0.05, 0.1) is 0 Å². The van der Waals surface area contributed by atoms with E-state index in [1.165, 1.54) is 0 Å². The van der Waals surface area contributed by atoms with Crippen LogP contribution in [0.5, 0.6) is 0 Å². The highest BCUT2D eigenvalue weighted by atomic mass is 19.4. The average molecular weight is 316 g/mol. The molecule has 13 heteroatoms. The number of ether oxygens (including phenoxy) is 1. The average Bonchev–Trinajstić information content (AvgIpc) is 2.20. The molecule has 0 aromatic heterocycles. The number of hydrogen-bond acceptors (Lipinski definition) is 1. The van der Waals surface area contributed by atoms with E-state index in [2.05, 4.69) is 0 Å². The second-order valence-electron chi connectivity index (χ2n) is 3.44. The summed E-state index contributed by atoms with van der Waals surface area (Å²) in [5.41, 5.74) is -7.30. The SMILES string of the molecule is FC(F)(F)C1(F)OC(F)(F)C(F)(F)C1(F)C(F)(F)F. The molecular formula is C6F12O. The van der Waals surface area contributed by atoms with Crippen molar-refractivity contribution in [3.8, 4) is 0 Å². The fourth-order valence-electron chi connectivity index (χ4n) is 1.33. The van der Waals surface area contributed by atoms with E-state index in [4.69, 9.17) is 0 Å². The third kappa shape index (κ3) is 1.56. The summed E-state index contributed by atoms with van der Waals surface area (Å²) in [6.07, 6.45) is -21.1. The van der Waals surface area contributed by atoms with Crippen LogP contribution in [0.15, 0.2) is 0 Å². The van der Waals surface area contributed by atoms with Crippen molar-refractivity contribution in [2.24, 2.45) is 0 Å². The van der Waals surface area contributed by atoms with Gasteiger partial charge in [0.15, 0.2) is 0 Å². The normalized spacial score (nSPS) is 38.5. The third-order valence-electron chi connectivity index (χ3n) is 2.27. The molecule has 0 bridgehead atoms. The lowest BCUT2D eigenvalue weighted by Gasteiger charge is -2.35. The van der Waals surface area contributed by atoms with Gasteiger partial charge in [-0.1, -0.05) is 0 Å². The smallest absolute Gasteiger partial charge is 0.266 e. The minimum atomic E-state index is -7.32. The quantitative estimate of drug-likeness (QED) is 0.619. The molecule has 1 aliphatic rings. The van der Waals surface area contributed by atoms with Crippen LogP contribution in [0.1, 0.15) is 0 Å². The monoisotopic (exact) mass is 316 g/mol. The second kappa shape index (κ2) is 3.41. The van der Waals surface area contributed by atoms with Gasteiger partial charge in [0.25, 0.3) is 0 Å². The Hall–Kier alpha value is -0.880. The summed E-state index contributed by atoms with van der Waals surface area (Å²) in [6, 6.07) is 0. The Morgan fingerprint density at radius 1 is 0.632 bits per heavy atom. The van der Waals surface area contributed by atoms with Crippen LogP contribution in [0.2, 0.25) is 0 Å². The van der Waals surface area contributed by atoms with E-state index in [9.17, 15) is 52.7 Å². The van der Waals surface area contributed by atoms with Crippen LogP contribution in [0.25, 0.3) is 0 Å². The molecule has 0 N–H and O–H groups in total. The molecule has 1 nitrogen and oxygen atoms in total. The lowest BCUT2D eigenvalue weighted by atomic mass is 9.90. The fourth-order valence-corrected chi connectivity index (χ4v) is 1.33. The third-order valence-corrected chi connectivity index (χ3v) is 2.27. The van der Waals surface area contributed by atoms with E-state index in [1.54, 1.807) is 4.74 Å². The highest BCUT2D eigenvalue weighted by molar-refractivity contribution is 5.20. The molecule has 0 aromatic rings. The first-order valence-electron chi connectivity index (χ1n) is 3.93. The van der Waals surface area contributed by atoms with Gasteiger partial charge < -0.3 is 0 Å². The van der Waals surface area contributed by atoms with E-state index in [0.29, 0.717) is 0 Å². The Kier molecular flexibility index (Phi) is 2.90. The first-order valence-corrected chi connectivity index (χ1v) is 3.93. The van der Waals surface area contributed by atoms with Gasteiger partial charge in [-0.05, 0) is 0 Å². The molecule has 0 spiro atoms. The molecule has 0 aromatic carbocycles. The minimum Gasteiger partial charge on any atom is -0.266 e. The van der Waals surface area contributed by atoms with Crippen molar-refractivity contribution in [2.45, 2.75) is 35.9 Å². The second-order valence-corrected chi connectivity index (χ2v) is 3.44. The zero-order chi connectivity index (χ0) is 15.7. The van der Waals surface area contributed by atoms with Crippen molar-refractivity contribution in [3.63, 3.8) is 0 Å². The highest BCUT2D eigenvalue weighted by Gasteiger charge is 3.01. The van der Waals surface area contributed by atoms with Crippen LogP contribution in [0.3, 0.4) is 0 Å². The van der Waals surface area contributed by atoms with E-state index in [1.807, 2.05) is 0 Å². The van der Waals surface area contributed by atoms with Crippen molar-refractivity contribution in [2.75, 3.05) is 0 Å². The van der Waals surface area contributed by atoms with Crippen molar-refractivity contribution >= 4 is 0 Å². The molecule has 19 heavy (non-hydrogen) atoms. The molecule has 0 radical (unpaired) electrons. The van der Waals surface area contributed by atoms with Gasteiger partial charge >= 0.3 is 35.9 Å². The van der Waals surface area contributed by atoms with Crippen molar-refractivity contribution in [1.82, 2.24) is 0 Å². The van der Waals surface area contributed by atoms with Crippen molar-refractivity contribution in [1.29, 1.82) is 0 Å². The predicted octanol–water partition coefficient (Wildman–Crippen LogP) is 3.74. The fraction of sp³-hybridized carbons (Fsp3) is 1.00. The Morgan fingerprint density at radius 2 is 1.00 bits per heavy atom. The van der Waals surface area contributed by atoms with E-state index >= 15 is 0 Å². The van der Waals surface area contributed by atoms with Crippen LogP contribution >= 0.6 is 0 Å². The Morgan fingerprint density at radius 3 is 1.21 bits per heavy atom. The zero-order valence-electron chi connectivity index (χ0n) is 7.94. The van der Waals surface area contributed by atoms with Crippen LogP contribution in [-0.4, -0.2) is 35.9 Å². The van der Waals surface area contributed by atoms with Gasteiger partial charge in [0, 0.05) is 0 Å². The van der Waals surface area contributed by atoms with Crippen LogP contribution in [-0.2, 0) is 4.74 Å². The molecule has 2 unspecified atom stereocenters. The van der Waals surface area contributed by atoms with E-state index < -0.39 is 35.9 Å². The molecule has 1 heterocycles. The first kappa shape index (κ1) is 16.2. The number of alkyl halides is 12. The molecular weight excluding hydrogens is 316 g/mol. The van der Waals surface area contributed by atoms with Gasteiger partial charge in [0.1, 0.15) is 0 Å².